The van der Waals surface area contributed by atoms with Crippen molar-refractivity contribution in [1.82, 2.24) is 10.2 Å². The van der Waals surface area contributed by atoms with Gasteiger partial charge in [0.25, 0.3) is 0 Å². The molecule has 1 aliphatic heterocycles. The summed E-state index contributed by atoms with van der Waals surface area (Å²) in [4.78, 5) is 2.72. The van der Waals surface area contributed by atoms with Gasteiger partial charge in [-0.25, -0.2) is 0 Å². The third-order valence-electron chi connectivity index (χ3n) is 4.25. The summed E-state index contributed by atoms with van der Waals surface area (Å²) in [5.74, 6) is 0.743. The highest BCUT2D eigenvalue weighted by atomic mass is 15.2. The largest absolute Gasteiger partial charge is 0.311 e. The molecule has 0 aromatic rings. The SMILES string of the molecule is CCCCCC(C)N1CC(C(C)C)NCC1C. The van der Waals surface area contributed by atoms with Gasteiger partial charge in [-0.2, -0.15) is 0 Å². The van der Waals surface area contributed by atoms with Crippen LogP contribution in [0.3, 0.4) is 0 Å². The molecule has 0 aromatic heterocycles. The minimum atomic E-state index is 0.680. The van der Waals surface area contributed by atoms with Gasteiger partial charge in [0.2, 0.25) is 0 Å². The molecule has 1 N–H and O–H groups in total. The van der Waals surface area contributed by atoms with Crippen LogP contribution in [0.2, 0.25) is 0 Å². The van der Waals surface area contributed by atoms with Gasteiger partial charge in [-0.3, -0.25) is 4.90 Å². The fourth-order valence-electron chi connectivity index (χ4n) is 2.83. The van der Waals surface area contributed by atoms with Crippen LogP contribution in [0.1, 0.15) is 60.3 Å². The number of hydrogen-bond donors (Lipinski definition) is 1. The lowest BCUT2D eigenvalue weighted by atomic mass is 9.97. The number of rotatable bonds is 6. The summed E-state index contributed by atoms with van der Waals surface area (Å²) in [6.45, 7) is 14.1. The van der Waals surface area contributed by atoms with Crippen molar-refractivity contribution >= 4 is 0 Å². The summed E-state index contributed by atoms with van der Waals surface area (Å²) >= 11 is 0. The van der Waals surface area contributed by atoms with Crippen LogP contribution in [0.15, 0.2) is 0 Å². The van der Waals surface area contributed by atoms with Gasteiger partial charge in [-0.05, 0) is 26.2 Å². The van der Waals surface area contributed by atoms with E-state index in [2.05, 4.69) is 44.8 Å². The van der Waals surface area contributed by atoms with Crippen LogP contribution in [-0.2, 0) is 0 Å². The molecule has 0 aliphatic carbocycles. The summed E-state index contributed by atoms with van der Waals surface area (Å²) in [5.41, 5.74) is 0. The summed E-state index contributed by atoms with van der Waals surface area (Å²) in [7, 11) is 0. The number of hydrogen-bond acceptors (Lipinski definition) is 2. The first-order valence-electron chi connectivity index (χ1n) is 7.55. The van der Waals surface area contributed by atoms with Crippen molar-refractivity contribution in [2.75, 3.05) is 13.1 Å². The molecule has 1 rings (SSSR count). The maximum Gasteiger partial charge on any atom is 0.0218 e. The lowest BCUT2D eigenvalue weighted by molar-refractivity contribution is 0.0803. The fraction of sp³-hybridized carbons (Fsp3) is 1.00. The Bertz CT molecular complexity index is 203. The second kappa shape index (κ2) is 7.38. The Balaban J connectivity index is 2.42. The summed E-state index contributed by atoms with van der Waals surface area (Å²) in [6, 6.07) is 2.13. The quantitative estimate of drug-likeness (QED) is 0.717. The first kappa shape index (κ1) is 15.0. The van der Waals surface area contributed by atoms with E-state index in [4.69, 9.17) is 0 Å². The van der Waals surface area contributed by atoms with Crippen molar-refractivity contribution < 1.29 is 0 Å². The minimum Gasteiger partial charge on any atom is -0.311 e. The Labute approximate surface area is 108 Å². The van der Waals surface area contributed by atoms with Gasteiger partial charge >= 0.3 is 0 Å². The highest BCUT2D eigenvalue weighted by Gasteiger charge is 2.29. The van der Waals surface area contributed by atoms with Crippen LogP contribution in [0.4, 0.5) is 0 Å². The zero-order valence-corrected chi connectivity index (χ0v) is 12.5. The van der Waals surface area contributed by atoms with Crippen LogP contribution < -0.4 is 5.32 Å². The predicted octanol–water partition coefficient (Wildman–Crippen LogP) is 3.27. The monoisotopic (exact) mass is 240 g/mol. The Morgan fingerprint density at radius 2 is 1.94 bits per heavy atom. The number of nitrogens with zero attached hydrogens (tertiary/aromatic N) is 1. The molecule has 1 saturated heterocycles. The third kappa shape index (κ3) is 4.59. The van der Waals surface area contributed by atoms with Crippen molar-refractivity contribution in [3.63, 3.8) is 0 Å². The normalized spacial score (nSPS) is 28.6. The molecule has 102 valence electrons. The molecule has 17 heavy (non-hydrogen) atoms. The van der Waals surface area contributed by atoms with E-state index < -0.39 is 0 Å². The van der Waals surface area contributed by atoms with Crippen molar-refractivity contribution in [2.24, 2.45) is 5.92 Å². The molecule has 1 fully saturated rings. The van der Waals surface area contributed by atoms with Gasteiger partial charge in [0.05, 0.1) is 0 Å². The molecule has 0 bridgehead atoms. The van der Waals surface area contributed by atoms with Gasteiger partial charge in [0, 0.05) is 31.2 Å². The smallest absolute Gasteiger partial charge is 0.0218 e. The Kier molecular flexibility index (Phi) is 6.50. The molecule has 0 amide bonds. The molecule has 3 atom stereocenters. The maximum atomic E-state index is 3.68. The maximum absolute atomic E-state index is 3.68. The van der Waals surface area contributed by atoms with Crippen molar-refractivity contribution in [3.05, 3.63) is 0 Å². The molecule has 2 nitrogen and oxygen atoms in total. The van der Waals surface area contributed by atoms with E-state index >= 15 is 0 Å². The van der Waals surface area contributed by atoms with Crippen LogP contribution in [-0.4, -0.2) is 36.1 Å². The second-order valence-corrected chi connectivity index (χ2v) is 6.15. The molecular weight excluding hydrogens is 208 g/mol. The summed E-state index contributed by atoms with van der Waals surface area (Å²) in [6.07, 6.45) is 5.47. The lowest BCUT2D eigenvalue weighted by Gasteiger charge is -2.43. The topological polar surface area (TPSA) is 15.3 Å². The average molecular weight is 240 g/mol. The van der Waals surface area contributed by atoms with Gasteiger partial charge in [-0.15, -0.1) is 0 Å². The van der Waals surface area contributed by atoms with E-state index in [1.165, 1.54) is 32.2 Å². The van der Waals surface area contributed by atoms with Crippen molar-refractivity contribution in [1.29, 1.82) is 0 Å². The zero-order chi connectivity index (χ0) is 12.8. The number of nitrogens with one attached hydrogen (secondary N) is 1. The van der Waals surface area contributed by atoms with Gasteiger partial charge < -0.3 is 5.32 Å². The first-order valence-corrected chi connectivity index (χ1v) is 7.55. The second-order valence-electron chi connectivity index (χ2n) is 6.15. The minimum absolute atomic E-state index is 0.680. The van der Waals surface area contributed by atoms with Gasteiger partial charge in [0.15, 0.2) is 0 Å². The summed E-state index contributed by atoms with van der Waals surface area (Å²) < 4.78 is 0. The van der Waals surface area contributed by atoms with Gasteiger partial charge in [-0.1, -0.05) is 40.0 Å². The van der Waals surface area contributed by atoms with Crippen molar-refractivity contribution in [3.8, 4) is 0 Å². The van der Waals surface area contributed by atoms with Crippen LogP contribution in [0.25, 0.3) is 0 Å². The molecule has 1 aliphatic rings. The molecular formula is C15H32N2. The Morgan fingerprint density at radius 1 is 1.24 bits per heavy atom. The van der Waals surface area contributed by atoms with E-state index in [1.54, 1.807) is 0 Å². The van der Waals surface area contributed by atoms with Crippen LogP contribution >= 0.6 is 0 Å². The standard InChI is InChI=1S/C15H32N2/c1-6-7-8-9-13(4)17-11-15(12(2)3)16-10-14(17)5/h12-16H,6-11H2,1-5H3. The van der Waals surface area contributed by atoms with Crippen LogP contribution in [0.5, 0.6) is 0 Å². The molecule has 0 saturated carbocycles. The first-order chi connectivity index (χ1) is 8.06. The molecule has 2 heteroatoms. The Morgan fingerprint density at radius 3 is 2.53 bits per heavy atom. The molecule has 1 heterocycles. The van der Waals surface area contributed by atoms with E-state index in [1.807, 2.05) is 0 Å². The lowest BCUT2D eigenvalue weighted by Crippen LogP contribution is -2.59. The van der Waals surface area contributed by atoms with Crippen molar-refractivity contribution in [2.45, 2.75) is 78.4 Å². The molecule has 0 spiro atoms. The number of piperazine rings is 1. The molecule has 0 radical (unpaired) electrons. The van der Waals surface area contributed by atoms with E-state index in [0.29, 0.717) is 12.1 Å². The third-order valence-corrected chi connectivity index (χ3v) is 4.25. The summed E-state index contributed by atoms with van der Waals surface area (Å²) in [5, 5.41) is 3.68. The fourth-order valence-corrected chi connectivity index (χ4v) is 2.83. The van der Waals surface area contributed by atoms with E-state index in [0.717, 1.165) is 18.5 Å². The zero-order valence-electron chi connectivity index (χ0n) is 12.5. The number of unbranched alkanes of at least 4 members (excludes halogenated alkanes) is 2. The molecule has 3 unspecified atom stereocenters. The van der Waals surface area contributed by atoms with E-state index in [-0.39, 0.29) is 0 Å². The highest BCUT2D eigenvalue weighted by molar-refractivity contribution is 4.87. The predicted molar refractivity (Wildman–Crippen MR) is 76.4 cm³/mol. The Hall–Kier alpha value is -0.0800. The highest BCUT2D eigenvalue weighted by Crippen LogP contribution is 2.18. The molecule has 0 aromatic carbocycles. The van der Waals surface area contributed by atoms with Crippen LogP contribution in [0, 0.1) is 5.92 Å². The van der Waals surface area contributed by atoms with Gasteiger partial charge in [0.1, 0.15) is 0 Å². The average Bonchev–Trinajstić information content (AvgIpc) is 2.29. The van der Waals surface area contributed by atoms with E-state index in [9.17, 15) is 0 Å².